The molecular weight excluding hydrogens is 519 g/mol. The second-order valence-corrected chi connectivity index (χ2v) is 13.4. The normalized spacial score (nSPS) is 11.2. The zero-order chi connectivity index (χ0) is 27.9. The molecule has 0 aliphatic carbocycles. The molecule has 0 fully saturated rings. The minimum Gasteiger partial charge on any atom is -0.489 e. The van der Waals surface area contributed by atoms with E-state index < -0.39 is 7.26 Å². The summed E-state index contributed by atoms with van der Waals surface area (Å²) in [6.45, 7) is 0.534. The molecule has 0 radical (unpaired) electrons. The smallest absolute Gasteiger partial charge is 0.144 e. The van der Waals surface area contributed by atoms with E-state index in [1.807, 2.05) is 24.3 Å². The Morgan fingerprint density at radius 1 is 0.415 bits per heavy atom. The molecule has 0 amide bonds. The number of aliphatic hydroxyl groups excluding tert-OH is 1. The minimum atomic E-state index is -2.10. The minimum absolute atomic E-state index is 0.0379. The van der Waals surface area contributed by atoms with Crippen LogP contribution in [0.5, 0.6) is 5.75 Å². The molecule has 200 valence electrons. The summed E-state index contributed by atoms with van der Waals surface area (Å²) in [6.07, 6.45) is 0. The number of hydrogen-bond acceptors (Lipinski definition) is 2. The van der Waals surface area contributed by atoms with Crippen LogP contribution in [-0.2, 0) is 13.2 Å². The highest BCUT2D eigenvalue weighted by Crippen LogP contribution is 2.54. The lowest BCUT2D eigenvalue weighted by Crippen LogP contribution is -2.38. The van der Waals surface area contributed by atoms with Crippen molar-refractivity contribution in [3.05, 3.63) is 175 Å². The molecule has 0 aliphatic heterocycles. The van der Waals surface area contributed by atoms with Crippen LogP contribution in [0.25, 0.3) is 11.1 Å². The van der Waals surface area contributed by atoms with E-state index in [1.54, 1.807) is 0 Å². The highest BCUT2D eigenvalue weighted by atomic mass is 31.2. The fourth-order valence-corrected chi connectivity index (χ4v) is 9.62. The Morgan fingerprint density at radius 2 is 0.805 bits per heavy atom. The van der Waals surface area contributed by atoms with E-state index in [-0.39, 0.29) is 6.61 Å². The highest BCUT2D eigenvalue weighted by Gasteiger charge is 2.47. The fourth-order valence-electron chi connectivity index (χ4n) is 5.38. The SMILES string of the molecule is OCc1ccc(OCc2ccc(-c3ccc([P+](c4ccccc4)(c4ccccc4)c4ccccc4)cc3)cc2)cc1. The van der Waals surface area contributed by atoms with Crippen molar-refractivity contribution in [2.45, 2.75) is 13.2 Å². The summed E-state index contributed by atoms with van der Waals surface area (Å²) in [6, 6.07) is 58.2. The van der Waals surface area contributed by atoms with Gasteiger partial charge in [0.15, 0.2) is 0 Å². The van der Waals surface area contributed by atoms with Gasteiger partial charge in [-0.1, -0.05) is 103 Å². The van der Waals surface area contributed by atoms with Crippen LogP contribution in [0.15, 0.2) is 164 Å². The average molecular weight is 552 g/mol. The van der Waals surface area contributed by atoms with Crippen molar-refractivity contribution < 1.29 is 9.84 Å². The zero-order valence-corrected chi connectivity index (χ0v) is 23.7. The number of rotatable bonds is 9. The first kappa shape index (κ1) is 26.7. The van der Waals surface area contributed by atoms with Crippen molar-refractivity contribution in [3.63, 3.8) is 0 Å². The van der Waals surface area contributed by atoms with Gasteiger partial charge in [0.25, 0.3) is 0 Å². The summed E-state index contributed by atoms with van der Waals surface area (Å²) in [5.41, 5.74) is 4.35. The molecule has 0 atom stereocenters. The second kappa shape index (κ2) is 12.4. The Hall–Kier alpha value is -4.49. The Bertz CT molecular complexity index is 1570. The summed E-state index contributed by atoms with van der Waals surface area (Å²) >= 11 is 0. The van der Waals surface area contributed by atoms with Gasteiger partial charge in [-0.15, -0.1) is 0 Å². The molecule has 0 unspecified atom stereocenters. The molecule has 2 nitrogen and oxygen atoms in total. The van der Waals surface area contributed by atoms with E-state index in [0.29, 0.717) is 6.61 Å². The van der Waals surface area contributed by atoms with Gasteiger partial charge in [-0.2, -0.15) is 0 Å². The number of aliphatic hydroxyl groups is 1. The molecule has 6 aromatic carbocycles. The predicted octanol–water partition coefficient (Wildman–Crippen LogP) is 7.04. The molecule has 3 heteroatoms. The van der Waals surface area contributed by atoms with Gasteiger partial charge < -0.3 is 9.84 Å². The van der Waals surface area contributed by atoms with E-state index in [1.165, 1.54) is 32.3 Å². The van der Waals surface area contributed by atoms with Gasteiger partial charge >= 0.3 is 0 Å². The molecule has 0 aromatic heterocycles. The lowest BCUT2D eigenvalue weighted by Gasteiger charge is -2.27. The molecule has 0 bridgehead atoms. The maximum Gasteiger partial charge on any atom is 0.144 e. The fraction of sp³-hybridized carbons (Fsp3) is 0.0526. The third-order valence-electron chi connectivity index (χ3n) is 7.48. The van der Waals surface area contributed by atoms with Gasteiger partial charge in [0, 0.05) is 0 Å². The first-order valence-electron chi connectivity index (χ1n) is 13.9. The zero-order valence-electron chi connectivity index (χ0n) is 22.8. The van der Waals surface area contributed by atoms with E-state index in [0.717, 1.165) is 16.9 Å². The third kappa shape index (κ3) is 5.58. The van der Waals surface area contributed by atoms with E-state index in [4.69, 9.17) is 4.74 Å². The van der Waals surface area contributed by atoms with Crippen LogP contribution in [0.1, 0.15) is 11.1 Å². The molecule has 0 saturated heterocycles. The number of hydrogen-bond donors (Lipinski definition) is 1. The quantitative estimate of drug-likeness (QED) is 0.195. The molecular formula is C38H32O2P+. The van der Waals surface area contributed by atoms with Crippen LogP contribution in [-0.4, -0.2) is 5.11 Å². The Balaban J connectivity index is 1.32. The maximum absolute atomic E-state index is 9.23. The van der Waals surface area contributed by atoms with Crippen molar-refractivity contribution in [2.24, 2.45) is 0 Å². The van der Waals surface area contributed by atoms with Crippen LogP contribution in [0, 0.1) is 0 Å². The second-order valence-electron chi connectivity index (χ2n) is 10.0. The molecule has 0 heterocycles. The maximum atomic E-state index is 9.23. The van der Waals surface area contributed by atoms with Crippen molar-refractivity contribution in [2.75, 3.05) is 0 Å². The Morgan fingerprint density at radius 3 is 1.24 bits per heavy atom. The summed E-state index contributed by atoms with van der Waals surface area (Å²) in [4.78, 5) is 0. The van der Waals surface area contributed by atoms with Crippen molar-refractivity contribution >= 4 is 28.5 Å². The van der Waals surface area contributed by atoms with Gasteiger partial charge in [-0.05, 0) is 82.9 Å². The van der Waals surface area contributed by atoms with Crippen LogP contribution in [0.4, 0.5) is 0 Å². The van der Waals surface area contributed by atoms with Crippen LogP contribution in [0.2, 0.25) is 0 Å². The van der Waals surface area contributed by atoms with Crippen LogP contribution in [0.3, 0.4) is 0 Å². The van der Waals surface area contributed by atoms with Gasteiger partial charge in [-0.3, -0.25) is 0 Å². The molecule has 0 spiro atoms. The first-order valence-corrected chi connectivity index (χ1v) is 15.6. The lowest BCUT2D eigenvalue weighted by atomic mass is 10.0. The molecule has 6 rings (SSSR count). The summed E-state index contributed by atoms with van der Waals surface area (Å²) in [5.74, 6) is 0.795. The van der Waals surface area contributed by atoms with E-state index >= 15 is 0 Å². The van der Waals surface area contributed by atoms with Crippen molar-refractivity contribution in [3.8, 4) is 16.9 Å². The number of ether oxygens (including phenoxy) is 1. The topological polar surface area (TPSA) is 29.5 Å². The monoisotopic (exact) mass is 551 g/mol. The molecule has 0 aliphatic rings. The van der Waals surface area contributed by atoms with Gasteiger partial charge in [-0.25, -0.2) is 0 Å². The summed E-state index contributed by atoms with van der Waals surface area (Å²) in [7, 11) is -2.10. The Labute approximate surface area is 242 Å². The highest BCUT2D eigenvalue weighted by molar-refractivity contribution is 8.01. The summed E-state index contributed by atoms with van der Waals surface area (Å²) < 4.78 is 5.94. The van der Waals surface area contributed by atoms with E-state index in [9.17, 15) is 5.11 Å². The van der Waals surface area contributed by atoms with Crippen molar-refractivity contribution in [1.29, 1.82) is 0 Å². The van der Waals surface area contributed by atoms with Gasteiger partial charge in [0.1, 0.15) is 40.8 Å². The van der Waals surface area contributed by atoms with Crippen LogP contribution >= 0.6 is 7.26 Å². The predicted molar refractivity (Wildman–Crippen MR) is 173 cm³/mol. The largest absolute Gasteiger partial charge is 0.489 e. The van der Waals surface area contributed by atoms with Gasteiger partial charge in [0.2, 0.25) is 0 Å². The summed E-state index contributed by atoms with van der Waals surface area (Å²) in [5, 5.41) is 14.6. The molecule has 6 aromatic rings. The van der Waals surface area contributed by atoms with Crippen LogP contribution < -0.4 is 26.0 Å². The van der Waals surface area contributed by atoms with E-state index in [2.05, 4.69) is 140 Å². The standard InChI is InChI=1S/C38H32O2P/c39-28-30-18-24-34(25-19-30)40-29-31-16-20-32(21-17-31)33-22-26-38(27-23-33)41(35-10-4-1-5-11-35,36-12-6-2-7-13-36)37-14-8-3-9-15-37/h1-27,39H,28-29H2/q+1. The first-order chi connectivity index (χ1) is 20.3. The third-order valence-corrected chi connectivity index (χ3v) is 11.8. The van der Waals surface area contributed by atoms with Gasteiger partial charge in [0.05, 0.1) is 6.61 Å². The molecule has 1 N–H and O–H groups in total. The Kier molecular flexibility index (Phi) is 8.05. The average Bonchev–Trinajstić information content (AvgIpc) is 3.06. The van der Waals surface area contributed by atoms with Crippen molar-refractivity contribution in [1.82, 2.24) is 0 Å². The number of benzene rings is 6. The molecule has 0 saturated carbocycles. The lowest BCUT2D eigenvalue weighted by molar-refractivity contribution is 0.280. The molecule has 41 heavy (non-hydrogen) atoms.